The Hall–Kier alpha value is -3.07. The molecule has 2 amide bonds. The summed E-state index contributed by atoms with van der Waals surface area (Å²) in [5.41, 5.74) is 0.515. The Balaban J connectivity index is 1.87. The smallest absolute Gasteiger partial charge is 0.261 e. The molecule has 1 fully saturated rings. The van der Waals surface area contributed by atoms with Gasteiger partial charge in [-0.1, -0.05) is 31.4 Å². The van der Waals surface area contributed by atoms with Gasteiger partial charge in [-0.3, -0.25) is 14.3 Å². The summed E-state index contributed by atoms with van der Waals surface area (Å²) < 4.78 is 33.7. The molecule has 1 aliphatic rings. The van der Waals surface area contributed by atoms with Crippen LogP contribution < -0.4 is 20.1 Å². The van der Waals surface area contributed by atoms with Gasteiger partial charge in [0.05, 0.1) is 28.8 Å². The molecule has 0 atom stereocenters. The molecule has 0 radical (unpaired) electrons. The lowest BCUT2D eigenvalue weighted by molar-refractivity contribution is 0.0926. The molecule has 0 aliphatic heterocycles. The summed E-state index contributed by atoms with van der Waals surface area (Å²) in [6, 6.07) is 10.6. The Kier molecular flexibility index (Phi) is 7.17. The Bertz CT molecular complexity index is 1060. The SMILES string of the molecule is CNC(=O)c1cc(S(=O)(=O)Nc2ccccc2C(=O)NC2CCCCC2)ccc1OC. The van der Waals surface area contributed by atoms with Crippen LogP contribution in [-0.2, 0) is 10.0 Å². The van der Waals surface area contributed by atoms with Gasteiger partial charge in [-0.2, -0.15) is 0 Å². The zero-order valence-electron chi connectivity index (χ0n) is 17.6. The summed E-state index contributed by atoms with van der Waals surface area (Å²) >= 11 is 0. The molecule has 8 nitrogen and oxygen atoms in total. The van der Waals surface area contributed by atoms with Gasteiger partial charge in [0.1, 0.15) is 5.75 Å². The monoisotopic (exact) mass is 445 g/mol. The highest BCUT2D eigenvalue weighted by Gasteiger charge is 2.23. The van der Waals surface area contributed by atoms with Crippen LogP contribution in [-0.4, -0.2) is 40.4 Å². The number of hydrogen-bond acceptors (Lipinski definition) is 5. The van der Waals surface area contributed by atoms with Gasteiger partial charge < -0.3 is 15.4 Å². The number of nitrogens with one attached hydrogen (secondary N) is 3. The van der Waals surface area contributed by atoms with Gasteiger partial charge >= 0.3 is 0 Å². The molecule has 1 saturated carbocycles. The molecule has 0 aromatic heterocycles. The number of rotatable bonds is 7. The summed E-state index contributed by atoms with van der Waals surface area (Å²) in [5.74, 6) is -0.530. The van der Waals surface area contributed by atoms with Crippen molar-refractivity contribution in [2.75, 3.05) is 18.9 Å². The normalized spacial score (nSPS) is 14.5. The molecule has 9 heteroatoms. The Morgan fingerprint density at radius 3 is 2.35 bits per heavy atom. The van der Waals surface area contributed by atoms with Crippen molar-refractivity contribution in [3.8, 4) is 5.75 Å². The quantitative estimate of drug-likeness (QED) is 0.606. The number of para-hydroxylation sites is 1. The zero-order valence-corrected chi connectivity index (χ0v) is 18.4. The van der Waals surface area contributed by atoms with Crippen molar-refractivity contribution >= 4 is 27.5 Å². The van der Waals surface area contributed by atoms with Crippen LogP contribution in [0.15, 0.2) is 47.4 Å². The molecule has 0 unspecified atom stereocenters. The number of hydrogen-bond donors (Lipinski definition) is 3. The van der Waals surface area contributed by atoms with Gasteiger partial charge in [0.15, 0.2) is 0 Å². The summed E-state index contributed by atoms with van der Waals surface area (Å²) in [5, 5.41) is 5.46. The van der Waals surface area contributed by atoms with Crippen LogP contribution in [0.1, 0.15) is 52.8 Å². The van der Waals surface area contributed by atoms with E-state index in [9.17, 15) is 18.0 Å². The first kappa shape index (κ1) is 22.6. The van der Waals surface area contributed by atoms with Crippen molar-refractivity contribution in [1.82, 2.24) is 10.6 Å². The first-order valence-corrected chi connectivity index (χ1v) is 11.7. The average molecular weight is 446 g/mol. The van der Waals surface area contributed by atoms with Crippen LogP contribution in [0.3, 0.4) is 0 Å². The van der Waals surface area contributed by atoms with Crippen molar-refractivity contribution in [2.45, 2.75) is 43.0 Å². The van der Waals surface area contributed by atoms with Crippen molar-refractivity contribution in [3.63, 3.8) is 0 Å². The Morgan fingerprint density at radius 2 is 1.68 bits per heavy atom. The first-order valence-electron chi connectivity index (χ1n) is 10.2. The molecule has 0 saturated heterocycles. The number of methoxy groups -OCH3 is 1. The van der Waals surface area contributed by atoms with Crippen LogP contribution in [0.5, 0.6) is 5.75 Å². The van der Waals surface area contributed by atoms with Gasteiger partial charge in [-0.05, 0) is 43.2 Å². The van der Waals surface area contributed by atoms with Gasteiger partial charge in [0.25, 0.3) is 21.8 Å². The van der Waals surface area contributed by atoms with E-state index in [0.29, 0.717) is 0 Å². The number of benzene rings is 2. The Morgan fingerprint density at radius 1 is 0.968 bits per heavy atom. The first-order chi connectivity index (χ1) is 14.9. The summed E-state index contributed by atoms with van der Waals surface area (Å²) in [6.45, 7) is 0. The third kappa shape index (κ3) is 5.35. The van der Waals surface area contributed by atoms with Gasteiger partial charge in [0, 0.05) is 13.1 Å². The predicted molar refractivity (Wildman–Crippen MR) is 118 cm³/mol. The lowest BCUT2D eigenvalue weighted by Crippen LogP contribution is -2.36. The fourth-order valence-corrected chi connectivity index (χ4v) is 4.76. The van der Waals surface area contributed by atoms with Crippen LogP contribution in [0.25, 0.3) is 0 Å². The minimum absolute atomic E-state index is 0.0937. The third-order valence-corrected chi connectivity index (χ3v) is 6.67. The maximum Gasteiger partial charge on any atom is 0.261 e. The highest BCUT2D eigenvalue weighted by atomic mass is 32.2. The zero-order chi connectivity index (χ0) is 22.4. The van der Waals surface area contributed by atoms with E-state index < -0.39 is 15.9 Å². The molecule has 0 bridgehead atoms. The molecule has 3 N–H and O–H groups in total. The molecular weight excluding hydrogens is 418 g/mol. The summed E-state index contributed by atoms with van der Waals surface area (Å²) in [4.78, 5) is 24.8. The number of sulfonamides is 1. The van der Waals surface area contributed by atoms with Crippen molar-refractivity contribution < 1.29 is 22.7 Å². The number of anilines is 1. The van der Waals surface area contributed by atoms with Crippen LogP contribution in [0.4, 0.5) is 5.69 Å². The molecule has 31 heavy (non-hydrogen) atoms. The van der Waals surface area contributed by atoms with E-state index in [-0.39, 0.29) is 39.4 Å². The molecule has 3 rings (SSSR count). The average Bonchev–Trinajstić information content (AvgIpc) is 2.78. The number of carbonyl (C=O) groups excluding carboxylic acids is 2. The van der Waals surface area contributed by atoms with Crippen molar-refractivity contribution in [1.29, 1.82) is 0 Å². The predicted octanol–water partition coefficient (Wildman–Crippen LogP) is 2.92. The molecule has 0 spiro atoms. The maximum absolute atomic E-state index is 13.0. The van der Waals surface area contributed by atoms with Gasteiger partial charge in [-0.25, -0.2) is 8.42 Å². The van der Waals surface area contributed by atoms with E-state index in [2.05, 4.69) is 15.4 Å². The molecule has 2 aromatic rings. The van der Waals surface area contributed by atoms with Crippen LogP contribution in [0.2, 0.25) is 0 Å². The summed E-state index contributed by atoms with van der Waals surface area (Å²) in [7, 11) is -1.21. The van der Waals surface area contributed by atoms with E-state index in [1.165, 1.54) is 44.8 Å². The molecule has 0 heterocycles. The fraction of sp³-hybridized carbons (Fsp3) is 0.364. The van der Waals surface area contributed by atoms with Crippen LogP contribution >= 0.6 is 0 Å². The highest BCUT2D eigenvalue weighted by Crippen LogP contribution is 2.26. The molecule has 2 aromatic carbocycles. The second kappa shape index (κ2) is 9.82. The van der Waals surface area contributed by atoms with E-state index in [1.54, 1.807) is 18.2 Å². The van der Waals surface area contributed by atoms with Crippen LogP contribution in [0, 0.1) is 0 Å². The van der Waals surface area contributed by atoms with E-state index in [0.717, 1.165) is 25.7 Å². The van der Waals surface area contributed by atoms with E-state index >= 15 is 0 Å². The lowest BCUT2D eigenvalue weighted by atomic mass is 9.95. The minimum atomic E-state index is -4.06. The largest absolute Gasteiger partial charge is 0.496 e. The second-order valence-electron chi connectivity index (χ2n) is 7.40. The van der Waals surface area contributed by atoms with Gasteiger partial charge in [-0.15, -0.1) is 0 Å². The highest BCUT2D eigenvalue weighted by molar-refractivity contribution is 7.92. The van der Waals surface area contributed by atoms with Crippen molar-refractivity contribution in [3.05, 3.63) is 53.6 Å². The molecule has 1 aliphatic carbocycles. The fourth-order valence-electron chi connectivity index (χ4n) is 3.65. The molecular formula is C22H27N3O5S. The lowest BCUT2D eigenvalue weighted by Gasteiger charge is -2.23. The van der Waals surface area contributed by atoms with E-state index in [4.69, 9.17) is 4.74 Å². The van der Waals surface area contributed by atoms with Gasteiger partial charge in [0.2, 0.25) is 0 Å². The van der Waals surface area contributed by atoms with Crippen molar-refractivity contribution in [2.24, 2.45) is 0 Å². The number of ether oxygens (including phenoxy) is 1. The summed E-state index contributed by atoms with van der Waals surface area (Å²) in [6.07, 6.45) is 5.17. The standard InChI is InChI=1S/C22H27N3O5S/c1-23-21(26)18-14-16(12-13-20(18)30-2)31(28,29)25-19-11-7-6-10-17(19)22(27)24-15-8-4-3-5-9-15/h6-7,10-15,25H,3-5,8-9H2,1-2H3,(H,23,26)(H,24,27). The minimum Gasteiger partial charge on any atom is -0.496 e. The maximum atomic E-state index is 13.0. The number of carbonyl (C=O) groups is 2. The Labute approximate surface area is 182 Å². The second-order valence-corrected chi connectivity index (χ2v) is 9.08. The number of amides is 2. The van der Waals surface area contributed by atoms with E-state index in [1.807, 2.05) is 0 Å². The molecule has 166 valence electrons. The third-order valence-electron chi connectivity index (χ3n) is 5.31. The topological polar surface area (TPSA) is 114 Å².